The second-order valence-electron chi connectivity index (χ2n) is 5.53. The zero-order valence-electron chi connectivity index (χ0n) is 13.5. The molecule has 2 aromatic carbocycles. The Kier molecular flexibility index (Phi) is 5.92. The maximum Gasteiger partial charge on any atom is 0.416 e. The van der Waals surface area contributed by atoms with E-state index in [1.807, 2.05) is 0 Å². The predicted molar refractivity (Wildman–Crippen MR) is 106 cm³/mol. The summed E-state index contributed by atoms with van der Waals surface area (Å²) in [6, 6.07) is 10.1. The minimum atomic E-state index is -4.36. The first kappa shape index (κ1) is 19.9. The van der Waals surface area contributed by atoms with Crippen LogP contribution >= 0.6 is 39.9 Å². The maximum atomic E-state index is 12.6. The molecular formula is C18H11BrF3NO2S2. The van der Waals surface area contributed by atoms with Crippen molar-refractivity contribution in [1.82, 2.24) is 5.32 Å². The van der Waals surface area contributed by atoms with Crippen LogP contribution < -0.4 is 10.1 Å². The molecule has 0 saturated carbocycles. The number of alkyl halides is 3. The van der Waals surface area contributed by atoms with E-state index in [1.165, 1.54) is 23.9 Å². The molecule has 0 unspecified atom stereocenters. The molecule has 1 heterocycles. The van der Waals surface area contributed by atoms with Crippen molar-refractivity contribution in [3.8, 4) is 5.75 Å². The first-order valence-electron chi connectivity index (χ1n) is 7.56. The molecule has 1 amide bonds. The van der Waals surface area contributed by atoms with E-state index in [-0.39, 0.29) is 12.5 Å². The molecule has 2 aromatic rings. The lowest BCUT2D eigenvalue weighted by atomic mass is 10.1. The molecular weight excluding hydrogens is 463 g/mol. The molecule has 0 atom stereocenters. The van der Waals surface area contributed by atoms with Crippen LogP contribution in [0, 0.1) is 0 Å². The number of ether oxygens (including phenoxy) is 1. The lowest BCUT2D eigenvalue weighted by molar-refractivity contribution is -0.137. The SMILES string of the molecule is O=C1NC(=S)SC1=Cc1ccc(OCc2ccc(C(F)(F)F)cc2)c(Br)c1. The monoisotopic (exact) mass is 473 g/mol. The number of rotatable bonds is 4. The second-order valence-corrected chi connectivity index (χ2v) is 8.10. The number of nitrogens with one attached hydrogen (secondary N) is 1. The van der Waals surface area contributed by atoms with Gasteiger partial charge in [0.2, 0.25) is 0 Å². The van der Waals surface area contributed by atoms with Crippen LogP contribution in [0.15, 0.2) is 51.8 Å². The van der Waals surface area contributed by atoms with Gasteiger partial charge in [0.1, 0.15) is 16.7 Å². The first-order valence-corrected chi connectivity index (χ1v) is 9.57. The molecule has 3 rings (SSSR count). The van der Waals surface area contributed by atoms with Crippen LogP contribution in [0.25, 0.3) is 6.08 Å². The molecule has 27 heavy (non-hydrogen) atoms. The summed E-state index contributed by atoms with van der Waals surface area (Å²) in [5.74, 6) is 0.305. The van der Waals surface area contributed by atoms with E-state index in [9.17, 15) is 18.0 Å². The highest BCUT2D eigenvalue weighted by Crippen LogP contribution is 2.31. The van der Waals surface area contributed by atoms with Crippen LogP contribution in [0.1, 0.15) is 16.7 Å². The minimum Gasteiger partial charge on any atom is -0.488 e. The van der Waals surface area contributed by atoms with Gasteiger partial charge < -0.3 is 10.1 Å². The average Bonchev–Trinajstić information content (AvgIpc) is 2.91. The quantitative estimate of drug-likeness (QED) is 0.467. The zero-order chi connectivity index (χ0) is 19.6. The lowest BCUT2D eigenvalue weighted by Crippen LogP contribution is -2.17. The Morgan fingerprint density at radius 3 is 2.44 bits per heavy atom. The van der Waals surface area contributed by atoms with E-state index in [4.69, 9.17) is 17.0 Å². The highest BCUT2D eigenvalue weighted by Gasteiger charge is 2.29. The van der Waals surface area contributed by atoms with Crippen molar-refractivity contribution < 1.29 is 22.7 Å². The maximum absolute atomic E-state index is 12.6. The molecule has 0 bridgehead atoms. The molecule has 9 heteroatoms. The van der Waals surface area contributed by atoms with Crippen LogP contribution in [0.5, 0.6) is 5.75 Å². The number of hydrogen-bond acceptors (Lipinski definition) is 4. The standard InChI is InChI=1S/C18H11BrF3NO2S2/c19-13-7-11(8-15-16(24)23-17(26)27-15)3-6-14(13)25-9-10-1-4-12(5-2-10)18(20,21)22/h1-8H,9H2,(H,23,24,26). The van der Waals surface area contributed by atoms with Gasteiger partial charge in [-0.3, -0.25) is 4.79 Å². The molecule has 0 aromatic heterocycles. The summed E-state index contributed by atoms with van der Waals surface area (Å²) in [6.45, 7) is 0.129. The minimum absolute atomic E-state index is 0.129. The average molecular weight is 474 g/mol. The van der Waals surface area contributed by atoms with Gasteiger partial charge in [0.05, 0.1) is 14.9 Å². The topological polar surface area (TPSA) is 38.3 Å². The molecule has 140 valence electrons. The highest BCUT2D eigenvalue weighted by molar-refractivity contribution is 9.10. The molecule has 0 spiro atoms. The molecule has 1 N–H and O–H groups in total. The molecule has 0 radical (unpaired) electrons. The zero-order valence-corrected chi connectivity index (χ0v) is 16.7. The van der Waals surface area contributed by atoms with Crippen LogP contribution in [0.2, 0.25) is 0 Å². The van der Waals surface area contributed by atoms with Gasteiger partial charge in [-0.15, -0.1) is 0 Å². The van der Waals surface area contributed by atoms with E-state index < -0.39 is 11.7 Å². The Morgan fingerprint density at radius 2 is 1.89 bits per heavy atom. The Labute approximate surface area is 171 Å². The first-order chi connectivity index (χ1) is 12.7. The molecule has 1 aliphatic heterocycles. The summed E-state index contributed by atoms with van der Waals surface area (Å²) >= 11 is 9.54. The van der Waals surface area contributed by atoms with Crippen LogP contribution in [-0.2, 0) is 17.6 Å². The van der Waals surface area contributed by atoms with Crippen LogP contribution in [0.4, 0.5) is 13.2 Å². The molecule has 0 aliphatic carbocycles. The molecule has 3 nitrogen and oxygen atoms in total. The fourth-order valence-corrected chi connectivity index (χ4v) is 3.80. The van der Waals surface area contributed by atoms with Crippen molar-refractivity contribution in [2.75, 3.05) is 0 Å². The molecule has 1 fully saturated rings. The fraction of sp³-hybridized carbons (Fsp3) is 0.111. The number of amides is 1. The fourth-order valence-electron chi connectivity index (χ4n) is 2.25. The summed E-state index contributed by atoms with van der Waals surface area (Å²) in [5, 5.41) is 2.55. The third-order valence-electron chi connectivity index (χ3n) is 3.57. The van der Waals surface area contributed by atoms with E-state index in [0.717, 1.165) is 17.7 Å². The summed E-state index contributed by atoms with van der Waals surface area (Å²) in [7, 11) is 0. The normalized spacial score (nSPS) is 15.9. The van der Waals surface area contributed by atoms with Gasteiger partial charge in [-0.1, -0.05) is 42.2 Å². The van der Waals surface area contributed by atoms with E-state index in [1.54, 1.807) is 24.3 Å². The van der Waals surface area contributed by atoms with Gasteiger partial charge in [-0.2, -0.15) is 13.2 Å². The largest absolute Gasteiger partial charge is 0.488 e. The van der Waals surface area contributed by atoms with Gasteiger partial charge >= 0.3 is 6.18 Å². The number of hydrogen-bond donors (Lipinski definition) is 1. The second kappa shape index (κ2) is 8.04. The van der Waals surface area contributed by atoms with Gasteiger partial charge in [-0.05, 0) is 57.4 Å². The van der Waals surface area contributed by atoms with Crippen molar-refractivity contribution >= 4 is 56.2 Å². The number of halogens is 4. The summed E-state index contributed by atoms with van der Waals surface area (Å²) < 4.78 is 44.5. The summed E-state index contributed by atoms with van der Waals surface area (Å²) in [4.78, 5) is 12.2. The number of thioether (sulfide) groups is 1. The Bertz CT molecular complexity index is 927. The number of thiocarbonyl (C=S) groups is 1. The Hall–Kier alpha value is -1.84. The molecule has 1 aliphatic rings. The van der Waals surface area contributed by atoms with Crippen molar-refractivity contribution in [2.24, 2.45) is 0 Å². The van der Waals surface area contributed by atoms with Crippen LogP contribution in [-0.4, -0.2) is 10.2 Å². The number of benzene rings is 2. The summed E-state index contributed by atoms with van der Waals surface area (Å²) in [6.07, 6.45) is -2.64. The third-order valence-corrected chi connectivity index (χ3v) is 5.35. The van der Waals surface area contributed by atoms with E-state index in [2.05, 4.69) is 21.2 Å². The van der Waals surface area contributed by atoms with Crippen molar-refractivity contribution in [3.05, 3.63) is 68.5 Å². The Morgan fingerprint density at radius 1 is 1.19 bits per heavy atom. The Balaban J connectivity index is 1.67. The van der Waals surface area contributed by atoms with Crippen LogP contribution in [0.3, 0.4) is 0 Å². The van der Waals surface area contributed by atoms with Gasteiger partial charge in [0.15, 0.2) is 0 Å². The third kappa shape index (κ3) is 5.12. The van der Waals surface area contributed by atoms with E-state index >= 15 is 0 Å². The highest BCUT2D eigenvalue weighted by atomic mass is 79.9. The van der Waals surface area contributed by atoms with Crippen molar-refractivity contribution in [1.29, 1.82) is 0 Å². The molecule has 1 saturated heterocycles. The lowest BCUT2D eigenvalue weighted by Gasteiger charge is -2.10. The van der Waals surface area contributed by atoms with Gasteiger partial charge in [-0.25, -0.2) is 0 Å². The number of carbonyl (C=O) groups is 1. The summed E-state index contributed by atoms with van der Waals surface area (Å²) in [5.41, 5.74) is 0.706. The van der Waals surface area contributed by atoms with Crippen molar-refractivity contribution in [2.45, 2.75) is 12.8 Å². The predicted octanol–water partition coefficient (Wildman–Crippen LogP) is 5.54. The van der Waals surface area contributed by atoms with Gasteiger partial charge in [0, 0.05) is 0 Å². The number of carbonyl (C=O) groups excluding carboxylic acids is 1. The van der Waals surface area contributed by atoms with Gasteiger partial charge in [0.25, 0.3) is 5.91 Å². The van der Waals surface area contributed by atoms with E-state index in [0.29, 0.717) is 25.0 Å². The smallest absolute Gasteiger partial charge is 0.416 e. The van der Waals surface area contributed by atoms with Crippen molar-refractivity contribution in [3.63, 3.8) is 0 Å².